The van der Waals surface area contributed by atoms with Gasteiger partial charge in [0.2, 0.25) is 5.91 Å². The van der Waals surface area contributed by atoms with Crippen LogP contribution >= 0.6 is 11.8 Å². The Morgan fingerprint density at radius 2 is 1.75 bits per heavy atom. The van der Waals surface area contributed by atoms with Crippen LogP contribution in [0.3, 0.4) is 0 Å². The van der Waals surface area contributed by atoms with E-state index in [9.17, 15) is 4.79 Å². The molecule has 6 nitrogen and oxygen atoms in total. The van der Waals surface area contributed by atoms with Crippen LogP contribution in [-0.2, 0) is 11.3 Å². The predicted molar refractivity (Wildman–Crippen MR) is 130 cm³/mol. The van der Waals surface area contributed by atoms with E-state index >= 15 is 0 Å². The summed E-state index contributed by atoms with van der Waals surface area (Å²) >= 11 is 1.54. The minimum atomic E-state index is 0.0305. The highest BCUT2D eigenvalue weighted by Crippen LogP contribution is 2.36. The van der Waals surface area contributed by atoms with Crippen molar-refractivity contribution in [3.8, 4) is 0 Å². The van der Waals surface area contributed by atoms with Gasteiger partial charge in [-0.05, 0) is 57.9 Å². The van der Waals surface area contributed by atoms with Crippen molar-refractivity contribution in [2.45, 2.75) is 57.4 Å². The van der Waals surface area contributed by atoms with Crippen LogP contribution in [0.2, 0.25) is 0 Å². The average molecular weight is 448 g/mol. The molecule has 2 aromatic heterocycles. The van der Waals surface area contributed by atoms with E-state index in [1.165, 1.54) is 11.8 Å². The van der Waals surface area contributed by atoms with E-state index in [0.29, 0.717) is 5.75 Å². The van der Waals surface area contributed by atoms with Crippen LogP contribution in [0.4, 0.5) is 0 Å². The number of carbonyl (C=O) groups is 1. The van der Waals surface area contributed by atoms with E-state index in [-0.39, 0.29) is 18.0 Å². The van der Waals surface area contributed by atoms with Crippen molar-refractivity contribution in [3.05, 3.63) is 54.4 Å². The fourth-order valence-electron chi connectivity index (χ4n) is 4.85. The van der Waals surface area contributed by atoms with Crippen LogP contribution in [0.1, 0.15) is 51.5 Å². The van der Waals surface area contributed by atoms with Crippen LogP contribution in [0.15, 0.2) is 53.7 Å². The molecule has 0 spiro atoms. The molecular weight excluding hydrogens is 418 g/mol. The lowest BCUT2D eigenvalue weighted by molar-refractivity contribution is -0.129. The summed E-state index contributed by atoms with van der Waals surface area (Å²) in [4.78, 5) is 25.1. The number of para-hydroxylation sites is 4. The number of fused-ring (bicyclic) bond motifs is 2. The highest BCUT2D eigenvalue weighted by atomic mass is 32.2. The molecule has 7 heteroatoms. The number of hydrogen-bond donors (Lipinski definition) is 0. The Labute approximate surface area is 192 Å². The third-order valence-electron chi connectivity index (χ3n) is 6.27. The smallest absolute Gasteiger partial charge is 0.233 e. The molecule has 0 saturated carbocycles. The van der Waals surface area contributed by atoms with Gasteiger partial charge >= 0.3 is 0 Å². The van der Waals surface area contributed by atoms with Gasteiger partial charge in [0.05, 0.1) is 33.9 Å². The molecule has 1 fully saturated rings. The monoisotopic (exact) mass is 447 g/mol. The van der Waals surface area contributed by atoms with Crippen molar-refractivity contribution in [2.75, 3.05) is 12.3 Å². The van der Waals surface area contributed by atoms with Gasteiger partial charge in [0.25, 0.3) is 0 Å². The minimum Gasteiger partial charge on any atom is -0.332 e. The molecule has 32 heavy (non-hydrogen) atoms. The Morgan fingerprint density at radius 1 is 1.06 bits per heavy atom. The van der Waals surface area contributed by atoms with Crippen molar-refractivity contribution in [3.63, 3.8) is 0 Å². The quantitative estimate of drug-likeness (QED) is 0.369. The van der Waals surface area contributed by atoms with Gasteiger partial charge in [-0.15, -0.1) is 0 Å². The van der Waals surface area contributed by atoms with Crippen molar-refractivity contribution in [1.82, 2.24) is 24.0 Å². The average Bonchev–Trinajstić information content (AvgIpc) is 3.51. The normalized spacial score (nSPS) is 16.6. The van der Waals surface area contributed by atoms with E-state index in [2.05, 4.69) is 54.2 Å². The maximum atomic E-state index is 13.3. The van der Waals surface area contributed by atoms with Crippen LogP contribution in [0.25, 0.3) is 22.1 Å². The van der Waals surface area contributed by atoms with E-state index in [1.54, 1.807) is 0 Å². The molecule has 1 amide bonds. The van der Waals surface area contributed by atoms with Gasteiger partial charge in [0, 0.05) is 19.1 Å². The molecule has 2 aromatic carbocycles. The van der Waals surface area contributed by atoms with Crippen LogP contribution in [0.5, 0.6) is 0 Å². The van der Waals surface area contributed by atoms with Crippen molar-refractivity contribution in [2.24, 2.45) is 0 Å². The van der Waals surface area contributed by atoms with Gasteiger partial charge in [0.1, 0.15) is 5.82 Å². The van der Waals surface area contributed by atoms with Crippen molar-refractivity contribution < 1.29 is 4.79 Å². The second-order valence-corrected chi connectivity index (χ2v) is 9.53. The Kier molecular flexibility index (Phi) is 5.67. The predicted octanol–water partition coefficient (Wildman–Crippen LogP) is 5.44. The van der Waals surface area contributed by atoms with Crippen LogP contribution < -0.4 is 0 Å². The van der Waals surface area contributed by atoms with Crippen LogP contribution in [-0.4, -0.2) is 42.2 Å². The van der Waals surface area contributed by atoms with E-state index in [0.717, 1.165) is 59.0 Å². The summed E-state index contributed by atoms with van der Waals surface area (Å²) in [5.41, 5.74) is 4.24. The number of hydrogen-bond acceptors (Lipinski definition) is 4. The number of imidazole rings is 2. The molecular formula is C25H29N5OS. The molecule has 3 heterocycles. The summed E-state index contributed by atoms with van der Waals surface area (Å²) in [7, 11) is 0. The molecule has 0 N–H and O–H groups in total. The number of nitrogens with zero attached hydrogens (tertiary/aromatic N) is 5. The van der Waals surface area contributed by atoms with Crippen LogP contribution in [0, 0.1) is 0 Å². The Balaban J connectivity index is 1.39. The first kappa shape index (κ1) is 21.1. The number of likely N-dealkylation sites (tertiary alicyclic amines) is 1. The molecule has 4 aromatic rings. The van der Waals surface area contributed by atoms with E-state index in [4.69, 9.17) is 9.97 Å². The number of benzene rings is 2. The number of aryl methyl sites for hydroxylation is 1. The first-order valence-electron chi connectivity index (χ1n) is 11.4. The SMILES string of the molecule is CCn1c(SCC(=O)N2CCC[C@H]2c2nc3ccccc3n2C(C)C)nc2ccccc21. The van der Waals surface area contributed by atoms with Gasteiger partial charge in [-0.25, -0.2) is 9.97 Å². The second-order valence-electron chi connectivity index (χ2n) is 8.58. The lowest BCUT2D eigenvalue weighted by atomic mass is 10.2. The summed E-state index contributed by atoms with van der Waals surface area (Å²) in [6, 6.07) is 16.7. The number of carbonyl (C=O) groups excluding carboxylic acids is 1. The fourth-order valence-corrected chi connectivity index (χ4v) is 5.82. The first-order valence-corrected chi connectivity index (χ1v) is 12.4. The number of rotatable bonds is 6. The highest BCUT2D eigenvalue weighted by molar-refractivity contribution is 7.99. The van der Waals surface area contributed by atoms with Crippen molar-refractivity contribution >= 4 is 39.7 Å². The summed E-state index contributed by atoms with van der Waals surface area (Å²) in [5, 5.41) is 0.909. The Hall–Kier alpha value is -2.80. The van der Waals surface area contributed by atoms with E-state index in [1.807, 2.05) is 29.2 Å². The molecule has 166 valence electrons. The zero-order chi connectivity index (χ0) is 22.2. The molecule has 1 atom stereocenters. The minimum absolute atomic E-state index is 0.0305. The van der Waals surface area contributed by atoms with Gasteiger partial charge in [-0.2, -0.15) is 0 Å². The Bertz CT molecular complexity index is 1270. The summed E-state index contributed by atoms with van der Waals surface area (Å²) < 4.78 is 4.49. The standard InChI is InChI=1S/C25H29N5OS/c1-4-28-20-12-7-5-10-18(20)27-25(28)32-16-23(31)29-15-9-14-22(29)24-26-19-11-6-8-13-21(19)30(24)17(2)3/h5-8,10-13,17,22H,4,9,14-16H2,1-3H3/t22-/m0/s1. The molecule has 1 aliphatic rings. The van der Waals surface area contributed by atoms with Gasteiger partial charge in [-0.1, -0.05) is 36.0 Å². The second kappa shape index (κ2) is 8.62. The fraction of sp³-hybridized carbons (Fsp3) is 0.400. The maximum absolute atomic E-state index is 13.3. The highest BCUT2D eigenvalue weighted by Gasteiger charge is 2.34. The first-order chi connectivity index (χ1) is 15.6. The third kappa shape index (κ3) is 3.58. The number of thioether (sulfide) groups is 1. The van der Waals surface area contributed by atoms with Gasteiger partial charge < -0.3 is 14.0 Å². The molecule has 1 aliphatic heterocycles. The molecule has 0 bridgehead atoms. The maximum Gasteiger partial charge on any atom is 0.233 e. The lowest BCUT2D eigenvalue weighted by Crippen LogP contribution is -2.33. The number of amides is 1. The Morgan fingerprint density at radius 3 is 2.47 bits per heavy atom. The van der Waals surface area contributed by atoms with Gasteiger partial charge in [0.15, 0.2) is 5.16 Å². The number of aromatic nitrogens is 4. The molecule has 1 saturated heterocycles. The topological polar surface area (TPSA) is 56.0 Å². The van der Waals surface area contributed by atoms with E-state index < -0.39 is 0 Å². The molecule has 5 rings (SSSR count). The molecule has 0 aliphatic carbocycles. The van der Waals surface area contributed by atoms with Crippen molar-refractivity contribution in [1.29, 1.82) is 0 Å². The largest absolute Gasteiger partial charge is 0.332 e. The third-order valence-corrected chi connectivity index (χ3v) is 7.23. The zero-order valence-electron chi connectivity index (χ0n) is 18.9. The molecule has 0 unspecified atom stereocenters. The summed E-state index contributed by atoms with van der Waals surface area (Å²) in [6.07, 6.45) is 1.97. The zero-order valence-corrected chi connectivity index (χ0v) is 19.7. The summed E-state index contributed by atoms with van der Waals surface area (Å²) in [6.45, 7) is 8.11. The lowest BCUT2D eigenvalue weighted by Gasteiger charge is -2.26. The summed E-state index contributed by atoms with van der Waals surface area (Å²) in [5.74, 6) is 1.56. The van der Waals surface area contributed by atoms with Gasteiger partial charge in [-0.3, -0.25) is 4.79 Å². The molecule has 0 radical (unpaired) electrons.